The van der Waals surface area contributed by atoms with Gasteiger partial charge < -0.3 is 9.47 Å². The third-order valence-electron chi connectivity index (χ3n) is 3.13. The molecule has 2 rings (SSSR count). The molecule has 3 heteroatoms. The lowest BCUT2D eigenvalue weighted by atomic mass is 9.99. The minimum atomic E-state index is -0.416. The van der Waals surface area contributed by atoms with Crippen LogP contribution >= 0.6 is 0 Å². The van der Waals surface area contributed by atoms with Crippen LogP contribution < -0.4 is 4.74 Å². The fourth-order valence-corrected chi connectivity index (χ4v) is 1.94. The van der Waals surface area contributed by atoms with Crippen LogP contribution in [0.15, 0.2) is 54.6 Å². The van der Waals surface area contributed by atoms with Crippen molar-refractivity contribution >= 4 is 5.97 Å². The highest BCUT2D eigenvalue weighted by Crippen LogP contribution is 2.20. The van der Waals surface area contributed by atoms with Crippen molar-refractivity contribution in [2.45, 2.75) is 12.8 Å². The molecule has 0 aromatic heterocycles. The molecular weight excluding hydrogens is 252 g/mol. The normalized spacial score (nSPS) is 11.7. The number of carbonyl (C=O) groups excluding carboxylic acids is 1. The van der Waals surface area contributed by atoms with Crippen LogP contribution in [-0.4, -0.2) is 19.7 Å². The summed E-state index contributed by atoms with van der Waals surface area (Å²) in [5.41, 5.74) is 2.06. The van der Waals surface area contributed by atoms with E-state index in [0.29, 0.717) is 0 Å². The van der Waals surface area contributed by atoms with Crippen LogP contribution in [0.2, 0.25) is 0 Å². The average Bonchev–Trinajstić information content (AvgIpc) is 2.50. The zero-order valence-electron chi connectivity index (χ0n) is 11.7. The first-order valence-electron chi connectivity index (χ1n) is 6.53. The number of carbonyl (C=O) groups is 1. The molecule has 1 atom stereocenters. The predicted molar refractivity (Wildman–Crippen MR) is 77.9 cm³/mol. The Morgan fingerprint density at radius 2 is 1.70 bits per heavy atom. The van der Waals surface area contributed by atoms with Gasteiger partial charge in [0.1, 0.15) is 18.3 Å². The average molecular weight is 270 g/mol. The van der Waals surface area contributed by atoms with E-state index in [1.807, 2.05) is 61.5 Å². The Bertz CT molecular complexity index is 546. The van der Waals surface area contributed by atoms with E-state index < -0.39 is 5.92 Å². The van der Waals surface area contributed by atoms with Crippen LogP contribution in [0.5, 0.6) is 5.75 Å². The number of hydrogen-bond donors (Lipinski definition) is 0. The highest BCUT2D eigenvalue weighted by molar-refractivity contribution is 5.78. The SMILES string of the molecule is COC(=O)C(COc1ccccc1)c1ccc(C)cc1. The van der Waals surface area contributed by atoms with Crippen molar-refractivity contribution in [2.24, 2.45) is 0 Å². The van der Waals surface area contributed by atoms with Gasteiger partial charge in [-0.3, -0.25) is 4.79 Å². The summed E-state index contributed by atoms with van der Waals surface area (Å²) in [5.74, 6) is 0.0408. The number of methoxy groups -OCH3 is 1. The van der Waals surface area contributed by atoms with Gasteiger partial charge in [0.25, 0.3) is 0 Å². The van der Waals surface area contributed by atoms with Gasteiger partial charge in [0.05, 0.1) is 7.11 Å². The molecule has 104 valence electrons. The fourth-order valence-electron chi connectivity index (χ4n) is 1.94. The summed E-state index contributed by atoms with van der Waals surface area (Å²) in [6, 6.07) is 17.3. The van der Waals surface area contributed by atoms with Crippen molar-refractivity contribution in [2.75, 3.05) is 13.7 Å². The molecular formula is C17H18O3. The zero-order valence-corrected chi connectivity index (χ0v) is 11.7. The van der Waals surface area contributed by atoms with Gasteiger partial charge in [-0.2, -0.15) is 0 Å². The Morgan fingerprint density at radius 1 is 1.05 bits per heavy atom. The van der Waals surface area contributed by atoms with Gasteiger partial charge in [-0.1, -0.05) is 48.0 Å². The summed E-state index contributed by atoms with van der Waals surface area (Å²) in [6.07, 6.45) is 0. The molecule has 0 radical (unpaired) electrons. The molecule has 0 bridgehead atoms. The lowest BCUT2D eigenvalue weighted by Gasteiger charge is -2.16. The molecule has 0 heterocycles. The molecule has 0 amide bonds. The van der Waals surface area contributed by atoms with E-state index in [9.17, 15) is 4.79 Å². The molecule has 3 nitrogen and oxygen atoms in total. The Morgan fingerprint density at radius 3 is 2.30 bits per heavy atom. The minimum Gasteiger partial charge on any atom is -0.492 e. The first-order valence-corrected chi connectivity index (χ1v) is 6.53. The third-order valence-corrected chi connectivity index (χ3v) is 3.13. The maximum atomic E-state index is 11.9. The third kappa shape index (κ3) is 3.60. The first kappa shape index (κ1) is 14.1. The molecule has 0 spiro atoms. The van der Waals surface area contributed by atoms with Crippen LogP contribution in [0, 0.1) is 6.92 Å². The number of hydrogen-bond acceptors (Lipinski definition) is 3. The maximum Gasteiger partial charge on any atom is 0.316 e. The molecule has 2 aromatic rings. The fraction of sp³-hybridized carbons (Fsp3) is 0.235. The molecule has 1 unspecified atom stereocenters. The van der Waals surface area contributed by atoms with Gasteiger partial charge in [-0.15, -0.1) is 0 Å². The number of rotatable bonds is 5. The highest BCUT2D eigenvalue weighted by Gasteiger charge is 2.22. The second-order valence-electron chi connectivity index (χ2n) is 4.61. The van der Waals surface area contributed by atoms with E-state index in [4.69, 9.17) is 9.47 Å². The zero-order chi connectivity index (χ0) is 14.4. The topological polar surface area (TPSA) is 35.5 Å². The molecule has 20 heavy (non-hydrogen) atoms. The first-order chi connectivity index (χ1) is 9.70. The lowest BCUT2D eigenvalue weighted by Crippen LogP contribution is -2.21. The van der Waals surface area contributed by atoms with Crippen LogP contribution in [0.25, 0.3) is 0 Å². The lowest BCUT2D eigenvalue weighted by molar-refractivity contribution is -0.143. The Balaban J connectivity index is 2.12. The van der Waals surface area contributed by atoms with Gasteiger partial charge in [-0.05, 0) is 24.6 Å². The Labute approximate surface area is 119 Å². The quantitative estimate of drug-likeness (QED) is 0.782. The van der Waals surface area contributed by atoms with Crippen molar-refractivity contribution in [3.8, 4) is 5.75 Å². The summed E-state index contributed by atoms with van der Waals surface area (Å²) in [5, 5.41) is 0. The number of para-hydroxylation sites is 1. The van der Waals surface area contributed by atoms with E-state index in [1.54, 1.807) is 0 Å². The summed E-state index contributed by atoms with van der Waals surface area (Å²) < 4.78 is 10.5. The molecule has 0 aliphatic rings. The van der Waals surface area contributed by atoms with E-state index >= 15 is 0 Å². The predicted octanol–water partition coefficient (Wildman–Crippen LogP) is 3.33. The van der Waals surface area contributed by atoms with Crippen LogP contribution in [-0.2, 0) is 9.53 Å². The van der Waals surface area contributed by atoms with Gasteiger partial charge in [0, 0.05) is 0 Å². The van der Waals surface area contributed by atoms with E-state index in [-0.39, 0.29) is 12.6 Å². The smallest absolute Gasteiger partial charge is 0.316 e. The second kappa shape index (κ2) is 6.75. The van der Waals surface area contributed by atoms with Crippen LogP contribution in [0.3, 0.4) is 0 Å². The largest absolute Gasteiger partial charge is 0.492 e. The Kier molecular flexibility index (Phi) is 4.77. The van der Waals surface area contributed by atoms with E-state index in [2.05, 4.69) is 0 Å². The molecule has 0 saturated heterocycles. The van der Waals surface area contributed by atoms with Crippen LogP contribution in [0.1, 0.15) is 17.0 Å². The highest BCUT2D eigenvalue weighted by atomic mass is 16.5. The molecule has 0 aliphatic carbocycles. The summed E-state index contributed by atoms with van der Waals surface area (Å²) in [7, 11) is 1.39. The van der Waals surface area contributed by atoms with Gasteiger partial charge in [-0.25, -0.2) is 0 Å². The van der Waals surface area contributed by atoms with Crippen molar-refractivity contribution in [3.05, 3.63) is 65.7 Å². The van der Waals surface area contributed by atoms with Crippen molar-refractivity contribution < 1.29 is 14.3 Å². The standard InChI is InChI=1S/C17H18O3/c1-13-8-10-14(11-9-13)16(17(18)19-2)12-20-15-6-4-3-5-7-15/h3-11,16H,12H2,1-2H3. The molecule has 0 saturated carbocycles. The monoisotopic (exact) mass is 270 g/mol. The van der Waals surface area contributed by atoms with Gasteiger partial charge in [0.15, 0.2) is 0 Å². The summed E-state index contributed by atoms with van der Waals surface area (Å²) in [4.78, 5) is 11.9. The summed E-state index contributed by atoms with van der Waals surface area (Å²) >= 11 is 0. The molecule has 2 aromatic carbocycles. The molecule has 0 aliphatic heterocycles. The molecule has 0 N–H and O–H groups in total. The van der Waals surface area contributed by atoms with E-state index in [0.717, 1.165) is 16.9 Å². The Hall–Kier alpha value is -2.29. The van der Waals surface area contributed by atoms with Gasteiger partial charge in [0.2, 0.25) is 0 Å². The van der Waals surface area contributed by atoms with Gasteiger partial charge >= 0.3 is 5.97 Å². The number of aryl methyl sites for hydroxylation is 1. The van der Waals surface area contributed by atoms with Crippen molar-refractivity contribution in [1.29, 1.82) is 0 Å². The number of esters is 1. The van der Waals surface area contributed by atoms with Crippen molar-refractivity contribution in [1.82, 2.24) is 0 Å². The van der Waals surface area contributed by atoms with E-state index in [1.165, 1.54) is 7.11 Å². The minimum absolute atomic E-state index is 0.264. The molecule has 0 fully saturated rings. The van der Waals surface area contributed by atoms with Crippen LogP contribution in [0.4, 0.5) is 0 Å². The number of ether oxygens (including phenoxy) is 2. The summed E-state index contributed by atoms with van der Waals surface area (Å²) in [6.45, 7) is 2.27. The van der Waals surface area contributed by atoms with Crippen molar-refractivity contribution in [3.63, 3.8) is 0 Å². The second-order valence-corrected chi connectivity index (χ2v) is 4.61. The maximum absolute atomic E-state index is 11.9. The number of benzene rings is 2.